The zero-order chi connectivity index (χ0) is 10.7. The Morgan fingerprint density at radius 2 is 2.13 bits per heavy atom. The number of nitrogens with two attached hydrogens (primary N) is 1. The molecule has 1 saturated heterocycles. The highest BCUT2D eigenvalue weighted by atomic mass is 15.3. The van der Waals surface area contributed by atoms with Crippen LogP contribution in [-0.2, 0) is 0 Å². The molecular weight excluding hydrogens is 192 g/mol. The lowest BCUT2D eigenvalue weighted by atomic mass is 10.1. The fourth-order valence-corrected chi connectivity index (χ4v) is 1.83. The molecule has 6 heteroatoms. The van der Waals surface area contributed by atoms with Crippen molar-refractivity contribution in [2.45, 2.75) is 18.9 Å². The van der Waals surface area contributed by atoms with Crippen LogP contribution in [0.4, 0.5) is 11.9 Å². The third kappa shape index (κ3) is 2.33. The summed E-state index contributed by atoms with van der Waals surface area (Å²) in [7, 11) is 2.00. The molecule has 15 heavy (non-hydrogen) atoms. The fraction of sp³-hybridized carbons (Fsp3) is 0.667. The summed E-state index contributed by atoms with van der Waals surface area (Å²) in [6.45, 7) is 2.10. The fourth-order valence-electron chi connectivity index (χ4n) is 1.83. The smallest absolute Gasteiger partial charge is 0.230 e. The maximum atomic E-state index is 5.52. The molecule has 2 heterocycles. The van der Waals surface area contributed by atoms with Gasteiger partial charge in [-0.3, -0.25) is 0 Å². The number of piperidine rings is 1. The van der Waals surface area contributed by atoms with Crippen LogP contribution < -0.4 is 16.0 Å². The Bertz CT molecular complexity index is 322. The Morgan fingerprint density at radius 3 is 2.80 bits per heavy atom. The van der Waals surface area contributed by atoms with Gasteiger partial charge in [-0.05, 0) is 25.9 Å². The number of hydrogen-bond donors (Lipinski definition) is 2. The van der Waals surface area contributed by atoms with Gasteiger partial charge in [0.25, 0.3) is 0 Å². The highest BCUT2D eigenvalue weighted by molar-refractivity contribution is 5.33. The second-order valence-corrected chi connectivity index (χ2v) is 3.74. The summed E-state index contributed by atoms with van der Waals surface area (Å²) < 4.78 is 0. The van der Waals surface area contributed by atoms with Crippen LogP contribution in [0, 0.1) is 0 Å². The van der Waals surface area contributed by atoms with Crippen LogP contribution in [0.5, 0.6) is 0 Å². The van der Waals surface area contributed by atoms with Crippen LogP contribution >= 0.6 is 0 Å². The van der Waals surface area contributed by atoms with E-state index in [1.54, 1.807) is 0 Å². The van der Waals surface area contributed by atoms with Crippen LogP contribution in [0.15, 0.2) is 6.33 Å². The summed E-state index contributed by atoms with van der Waals surface area (Å²) in [5.74, 6) is 0.940. The van der Waals surface area contributed by atoms with Crippen LogP contribution in [0.3, 0.4) is 0 Å². The SMILES string of the molecule is CN(c1ncnc(N)n1)C1CCNCC1. The average Bonchev–Trinajstić information content (AvgIpc) is 2.29. The number of hydrogen-bond acceptors (Lipinski definition) is 6. The van der Waals surface area contributed by atoms with Gasteiger partial charge in [-0.1, -0.05) is 0 Å². The minimum atomic E-state index is 0.279. The van der Waals surface area contributed by atoms with Crippen molar-refractivity contribution in [1.82, 2.24) is 20.3 Å². The summed E-state index contributed by atoms with van der Waals surface area (Å²) >= 11 is 0. The van der Waals surface area contributed by atoms with Gasteiger partial charge in [0, 0.05) is 13.1 Å². The molecule has 6 nitrogen and oxygen atoms in total. The number of nitrogen functional groups attached to an aromatic ring is 1. The second-order valence-electron chi connectivity index (χ2n) is 3.74. The van der Waals surface area contributed by atoms with Crippen LogP contribution in [0.1, 0.15) is 12.8 Å². The largest absolute Gasteiger partial charge is 0.368 e. The van der Waals surface area contributed by atoms with Crippen LogP contribution in [0.25, 0.3) is 0 Å². The van der Waals surface area contributed by atoms with Gasteiger partial charge in [0.1, 0.15) is 6.33 Å². The molecule has 0 bridgehead atoms. The van der Waals surface area contributed by atoms with E-state index < -0.39 is 0 Å². The summed E-state index contributed by atoms with van der Waals surface area (Å²) in [5, 5.41) is 3.33. The number of anilines is 2. The van der Waals surface area contributed by atoms with Crippen molar-refractivity contribution in [2.24, 2.45) is 0 Å². The van der Waals surface area contributed by atoms with Gasteiger partial charge in [-0.15, -0.1) is 0 Å². The first-order valence-electron chi connectivity index (χ1n) is 5.15. The lowest BCUT2D eigenvalue weighted by Crippen LogP contribution is -2.41. The van der Waals surface area contributed by atoms with Crippen molar-refractivity contribution in [3.05, 3.63) is 6.33 Å². The van der Waals surface area contributed by atoms with E-state index in [1.807, 2.05) is 7.05 Å². The minimum absolute atomic E-state index is 0.279. The van der Waals surface area contributed by atoms with Crippen molar-refractivity contribution < 1.29 is 0 Å². The summed E-state index contributed by atoms with van der Waals surface area (Å²) in [5.41, 5.74) is 5.52. The van der Waals surface area contributed by atoms with Crippen LogP contribution in [-0.4, -0.2) is 41.1 Å². The van der Waals surface area contributed by atoms with Crippen molar-refractivity contribution in [3.63, 3.8) is 0 Å². The standard InChI is InChI=1S/C9H16N6/c1-15(7-2-4-11-5-3-7)9-13-6-12-8(10)14-9/h6-7,11H,2-5H2,1H3,(H2,10,12,13,14). The van der Waals surface area contributed by atoms with E-state index in [4.69, 9.17) is 5.73 Å². The third-order valence-electron chi connectivity index (χ3n) is 2.75. The minimum Gasteiger partial charge on any atom is -0.368 e. The Morgan fingerprint density at radius 1 is 1.40 bits per heavy atom. The zero-order valence-corrected chi connectivity index (χ0v) is 8.85. The third-order valence-corrected chi connectivity index (χ3v) is 2.75. The maximum absolute atomic E-state index is 5.52. The molecule has 0 aromatic carbocycles. The van der Waals surface area contributed by atoms with Gasteiger partial charge in [0.15, 0.2) is 0 Å². The summed E-state index contributed by atoms with van der Waals surface area (Å²) in [4.78, 5) is 14.1. The molecule has 0 radical (unpaired) electrons. The van der Waals surface area contributed by atoms with Gasteiger partial charge in [-0.25, -0.2) is 9.97 Å². The van der Waals surface area contributed by atoms with E-state index in [1.165, 1.54) is 6.33 Å². The van der Waals surface area contributed by atoms with E-state index in [0.29, 0.717) is 12.0 Å². The molecule has 1 aromatic rings. The molecule has 0 atom stereocenters. The second kappa shape index (κ2) is 4.39. The lowest BCUT2D eigenvalue weighted by molar-refractivity contribution is 0.439. The summed E-state index contributed by atoms with van der Waals surface area (Å²) in [6.07, 6.45) is 3.68. The molecule has 1 aromatic heterocycles. The molecule has 0 aliphatic carbocycles. The van der Waals surface area contributed by atoms with Gasteiger partial charge < -0.3 is 16.0 Å². The molecule has 1 fully saturated rings. The number of nitrogens with zero attached hydrogens (tertiary/aromatic N) is 4. The number of rotatable bonds is 2. The molecule has 0 spiro atoms. The topological polar surface area (TPSA) is 80.0 Å². The van der Waals surface area contributed by atoms with Gasteiger partial charge in [-0.2, -0.15) is 4.98 Å². The molecule has 2 rings (SSSR count). The average molecular weight is 208 g/mol. The van der Waals surface area contributed by atoms with Crippen LogP contribution in [0.2, 0.25) is 0 Å². The first kappa shape index (κ1) is 10.1. The zero-order valence-electron chi connectivity index (χ0n) is 8.85. The van der Waals surface area contributed by atoms with Crippen molar-refractivity contribution >= 4 is 11.9 Å². The van der Waals surface area contributed by atoms with E-state index in [9.17, 15) is 0 Å². The highest BCUT2D eigenvalue weighted by Gasteiger charge is 2.19. The Kier molecular flexibility index (Phi) is 2.96. The first-order valence-corrected chi connectivity index (χ1v) is 5.15. The molecule has 1 aliphatic heterocycles. The van der Waals surface area contributed by atoms with E-state index in [0.717, 1.165) is 25.9 Å². The molecule has 0 saturated carbocycles. The van der Waals surface area contributed by atoms with Gasteiger partial charge >= 0.3 is 0 Å². The first-order chi connectivity index (χ1) is 7.27. The quantitative estimate of drug-likeness (QED) is 0.691. The molecule has 0 amide bonds. The lowest BCUT2D eigenvalue weighted by Gasteiger charge is -2.31. The summed E-state index contributed by atoms with van der Waals surface area (Å²) in [6, 6.07) is 0.494. The van der Waals surface area contributed by atoms with Crippen molar-refractivity contribution in [3.8, 4) is 0 Å². The predicted octanol–water partition coefficient (Wildman–Crippen LogP) is -0.358. The monoisotopic (exact) mass is 208 g/mol. The molecular formula is C9H16N6. The Balaban J connectivity index is 2.08. The number of nitrogens with one attached hydrogen (secondary N) is 1. The van der Waals surface area contributed by atoms with Gasteiger partial charge in [0.05, 0.1) is 0 Å². The molecule has 82 valence electrons. The maximum Gasteiger partial charge on any atom is 0.230 e. The van der Waals surface area contributed by atoms with E-state index in [2.05, 4.69) is 25.2 Å². The number of aromatic nitrogens is 3. The van der Waals surface area contributed by atoms with Gasteiger partial charge in [0.2, 0.25) is 11.9 Å². The Labute approximate surface area is 88.9 Å². The normalized spacial score (nSPS) is 17.7. The van der Waals surface area contributed by atoms with E-state index >= 15 is 0 Å². The Hall–Kier alpha value is -1.43. The van der Waals surface area contributed by atoms with E-state index in [-0.39, 0.29) is 5.95 Å². The highest BCUT2D eigenvalue weighted by Crippen LogP contribution is 2.15. The molecule has 0 unspecified atom stereocenters. The van der Waals surface area contributed by atoms with Crippen molar-refractivity contribution in [2.75, 3.05) is 30.8 Å². The molecule has 3 N–H and O–H groups in total. The predicted molar refractivity (Wildman–Crippen MR) is 58.5 cm³/mol. The molecule has 1 aliphatic rings. The van der Waals surface area contributed by atoms with Crippen molar-refractivity contribution in [1.29, 1.82) is 0 Å².